The van der Waals surface area contributed by atoms with E-state index in [0.29, 0.717) is 0 Å². The standard InChI is InChI=1S/C12H25NO2.CH4/c1-6-8-10-13(9-7-2)11(14)15-12(3,4)5;/h6-10H2,1-5H3;1H4. The summed E-state index contributed by atoms with van der Waals surface area (Å²) in [6.45, 7) is 11.5. The van der Waals surface area contributed by atoms with Crippen LogP contribution in [0.2, 0.25) is 0 Å². The zero-order valence-corrected chi connectivity index (χ0v) is 10.8. The van der Waals surface area contributed by atoms with E-state index in [9.17, 15) is 4.79 Å². The van der Waals surface area contributed by atoms with E-state index in [0.717, 1.165) is 32.4 Å². The van der Waals surface area contributed by atoms with Crippen LogP contribution >= 0.6 is 0 Å². The summed E-state index contributed by atoms with van der Waals surface area (Å²) < 4.78 is 5.34. The number of amides is 1. The van der Waals surface area contributed by atoms with Gasteiger partial charge in [-0.05, 0) is 33.6 Å². The van der Waals surface area contributed by atoms with E-state index in [4.69, 9.17) is 4.74 Å². The molecule has 0 aliphatic rings. The molecule has 0 atom stereocenters. The average molecular weight is 231 g/mol. The molecule has 0 saturated heterocycles. The highest BCUT2D eigenvalue weighted by atomic mass is 16.6. The lowest BCUT2D eigenvalue weighted by molar-refractivity contribution is 0.0247. The Morgan fingerprint density at radius 2 is 1.69 bits per heavy atom. The molecule has 0 heterocycles. The van der Waals surface area contributed by atoms with Crippen molar-refractivity contribution in [1.82, 2.24) is 4.90 Å². The molecule has 0 aromatic carbocycles. The van der Waals surface area contributed by atoms with Crippen LogP contribution in [0, 0.1) is 0 Å². The van der Waals surface area contributed by atoms with E-state index in [1.54, 1.807) is 4.90 Å². The molecular formula is C13H29NO2. The summed E-state index contributed by atoms with van der Waals surface area (Å²) >= 11 is 0. The van der Waals surface area contributed by atoms with E-state index in [1.165, 1.54) is 0 Å². The molecular weight excluding hydrogens is 202 g/mol. The van der Waals surface area contributed by atoms with Crippen molar-refractivity contribution >= 4 is 6.09 Å². The van der Waals surface area contributed by atoms with Crippen LogP contribution in [0.4, 0.5) is 4.79 Å². The van der Waals surface area contributed by atoms with Crippen molar-refractivity contribution in [2.75, 3.05) is 13.1 Å². The van der Waals surface area contributed by atoms with Gasteiger partial charge in [0, 0.05) is 13.1 Å². The predicted octanol–water partition coefficient (Wildman–Crippen LogP) is 4.07. The highest BCUT2D eigenvalue weighted by molar-refractivity contribution is 5.68. The molecule has 0 radical (unpaired) electrons. The Bertz CT molecular complexity index is 185. The first-order chi connectivity index (χ1) is 6.90. The van der Waals surface area contributed by atoms with Gasteiger partial charge in [-0.3, -0.25) is 0 Å². The van der Waals surface area contributed by atoms with Gasteiger partial charge in [-0.15, -0.1) is 0 Å². The summed E-state index contributed by atoms with van der Waals surface area (Å²) in [5, 5.41) is 0. The summed E-state index contributed by atoms with van der Waals surface area (Å²) in [6.07, 6.45) is 2.93. The molecule has 0 aliphatic carbocycles. The van der Waals surface area contributed by atoms with Gasteiger partial charge in [0.15, 0.2) is 0 Å². The van der Waals surface area contributed by atoms with Crippen LogP contribution in [-0.2, 0) is 4.74 Å². The number of carbonyl (C=O) groups is 1. The molecule has 0 fully saturated rings. The van der Waals surface area contributed by atoms with Gasteiger partial charge in [0.05, 0.1) is 0 Å². The van der Waals surface area contributed by atoms with Crippen LogP contribution in [0.25, 0.3) is 0 Å². The van der Waals surface area contributed by atoms with Crippen LogP contribution in [0.5, 0.6) is 0 Å². The number of carbonyl (C=O) groups excluding carboxylic acids is 1. The highest BCUT2D eigenvalue weighted by Crippen LogP contribution is 2.10. The second-order valence-electron chi connectivity index (χ2n) is 4.82. The van der Waals surface area contributed by atoms with Crippen LogP contribution in [0.1, 0.15) is 61.3 Å². The molecule has 3 heteroatoms. The molecule has 16 heavy (non-hydrogen) atoms. The molecule has 3 nitrogen and oxygen atoms in total. The van der Waals surface area contributed by atoms with Gasteiger partial charge in [0.2, 0.25) is 0 Å². The maximum absolute atomic E-state index is 11.8. The molecule has 0 saturated carbocycles. The maximum atomic E-state index is 11.8. The van der Waals surface area contributed by atoms with Crippen LogP contribution in [-0.4, -0.2) is 29.7 Å². The Balaban J connectivity index is 0. The second kappa shape index (κ2) is 8.43. The van der Waals surface area contributed by atoms with Gasteiger partial charge < -0.3 is 9.64 Å². The second-order valence-corrected chi connectivity index (χ2v) is 4.82. The van der Waals surface area contributed by atoms with Gasteiger partial charge >= 0.3 is 6.09 Å². The normalized spacial score (nSPS) is 10.6. The Hall–Kier alpha value is -0.730. The van der Waals surface area contributed by atoms with Gasteiger partial charge in [-0.1, -0.05) is 27.7 Å². The SMILES string of the molecule is C.CCCCN(CCC)C(=O)OC(C)(C)C. The number of nitrogens with zero attached hydrogens (tertiary/aromatic N) is 1. The lowest BCUT2D eigenvalue weighted by atomic mass is 10.2. The fourth-order valence-electron chi connectivity index (χ4n) is 1.24. The lowest BCUT2D eigenvalue weighted by Gasteiger charge is -2.27. The average Bonchev–Trinajstić information content (AvgIpc) is 2.09. The largest absolute Gasteiger partial charge is 0.444 e. The van der Waals surface area contributed by atoms with Gasteiger partial charge in [0.1, 0.15) is 5.60 Å². The summed E-state index contributed by atoms with van der Waals surface area (Å²) in [7, 11) is 0. The quantitative estimate of drug-likeness (QED) is 0.714. The van der Waals surface area contributed by atoms with E-state index in [-0.39, 0.29) is 13.5 Å². The van der Waals surface area contributed by atoms with Crippen molar-refractivity contribution in [3.8, 4) is 0 Å². The number of hydrogen-bond donors (Lipinski definition) is 0. The Morgan fingerprint density at radius 1 is 1.12 bits per heavy atom. The number of ether oxygens (including phenoxy) is 1. The van der Waals surface area contributed by atoms with Crippen molar-refractivity contribution in [2.45, 2.75) is 66.9 Å². The predicted molar refractivity (Wildman–Crippen MR) is 69.7 cm³/mol. The van der Waals surface area contributed by atoms with Crippen molar-refractivity contribution in [2.24, 2.45) is 0 Å². The molecule has 0 unspecified atom stereocenters. The molecule has 0 rings (SSSR count). The first-order valence-electron chi connectivity index (χ1n) is 5.88. The summed E-state index contributed by atoms with van der Waals surface area (Å²) in [5.41, 5.74) is -0.394. The molecule has 0 aromatic heterocycles. The first-order valence-corrected chi connectivity index (χ1v) is 5.88. The zero-order valence-electron chi connectivity index (χ0n) is 10.8. The van der Waals surface area contributed by atoms with E-state index >= 15 is 0 Å². The number of hydrogen-bond acceptors (Lipinski definition) is 2. The van der Waals surface area contributed by atoms with E-state index < -0.39 is 5.60 Å². The zero-order chi connectivity index (χ0) is 11.9. The molecule has 0 aromatic rings. The topological polar surface area (TPSA) is 29.5 Å². The van der Waals surface area contributed by atoms with E-state index in [1.807, 2.05) is 20.8 Å². The minimum absolute atomic E-state index is 0. The molecule has 1 amide bonds. The molecule has 0 bridgehead atoms. The monoisotopic (exact) mass is 231 g/mol. The third kappa shape index (κ3) is 8.57. The molecule has 0 N–H and O–H groups in total. The Morgan fingerprint density at radius 3 is 2.06 bits per heavy atom. The summed E-state index contributed by atoms with van der Waals surface area (Å²) in [5.74, 6) is 0. The third-order valence-corrected chi connectivity index (χ3v) is 1.93. The maximum Gasteiger partial charge on any atom is 0.410 e. The molecule has 0 spiro atoms. The summed E-state index contributed by atoms with van der Waals surface area (Å²) in [4.78, 5) is 13.6. The molecule has 98 valence electrons. The van der Waals surface area contributed by atoms with Crippen LogP contribution in [0.15, 0.2) is 0 Å². The van der Waals surface area contributed by atoms with Crippen LogP contribution in [0.3, 0.4) is 0 Å². The lowest BCUT2D eigenvalue weighted by Crippen LogP contribution is -2.37. The minimum atomic E-state index is -0.394. The van der Waals surface area contributed by atoms with Gasteiger partial charge in [-0.25, -0.2) is 4.79 Å². The van der Waals surface area contributed by atoms with E-state index in [2.05, 4.69) is 13.8 Å². The van der Waals surface area contributed by atoms with Gasteiger partial charge in [0.25, 0.3) is 0 Å². The van der Waals surface area contributed by atoms with Crippen molar-refractivity contribution in [1.29, 1.82) is 0 Å². The Labute approximate surface area is 101 Å². The smallest absolute Gasteiger partial charge is 0.410 e. The molecule has 0 aliphatic heterocycles. The number of unbranched alkanes of at least 4 members (excludes halogenated alkanes) is 1. The van der Waals surface area contributed by atoms with Crippen molar-refractivity contribution < 1.29 is 9.53 Å². The van der Waals surface area contributed by atoms with Crippen LogP contribution < -0.4 is 0 Å². The Kier molecular flexibility index (Phi) is 9.30. The fourth-order valence-corrected chi connectivity index (χ4v) is 1.24. The fraction of sp³-hybridized carbons (Fsp3) is 0.923. The number of rotatable bonds is 5. The van der Waals surface area contributed by atoms with Crippen molar-refractivity contribution in [3.63, 3.8) is 0 Å². The summed E-state index contributed by atoms with van der Waals surface area (Å²) in [6, 6.07) is 0. The minimum Gasteiger partial charge on any atom is -0.444 e. The van der Waals surface area contributed by atoms with Gasteiger partial charge in [-0.2, -0.15) is 0 Å². The highest BCUT2D eigenvalue weighted by Gasteiger charge is 2.20. The first kappa shape index (κ1) is 17.7. The third-order valence-electron chi connectivity index (χ3n) is 1.93. The van der Waals surface area contributed by atoms with Crippen molar-refractivity contribution in [3.05, 3.63) is 0 Å².